The van der Waals surface area contributed by atoms with E-state index < -0.39 is 11.5 Å². The Morgan fingerprint density at radius 2 is 1.84 bits per heavy atom. The fourth-order valence-electron chi connectivity index (χ4n) is 1.76. The van der Waals surface area contributed by atoms with Gasteiger partial charge in [0, 0.05) is 11.2 Å². The Bertz CT molecular complexity index is 841. The van der Waals surface area contributed by atoms with E-state index in [-0.39, 0.29) is 10.7 Å². The average molecular weight is 298 g/mol. The fourth-order valence-corrected chi connectivity index (χ4v) is 2.08. The van der Waals surface area contributed by atoms with Crippen LogP contribution in [-0.4, -0.2) is 14.2 Å². The number of aromatic nitrogens is 3. The van der Waals surface area contributed by atoms with Crippen molar-refractivity contribution in [2.24, 2.45) is 0 Å². The maximum Gasteiger partial charge on any atom is 0.355 e. The van der Waals surface area contributed by atoms with Crippen molar-refractivity contribution < 1.29 is 4.39 Å². The second kappa shape index (κ2) is 4.36. The van der Waals surface area contributed by atoms with Crippen LogP contribution in [0.4, 0.5) is 4.39 Å². The van der Waals surface area contributed by atoms with E-state index in [2.05, 4.69) is 5.10 Å². The number of rotatable bonds is 1. The Morgan fingerprint density at radius 1 is 1.11 bits per heavy atom. The summed E-state index contributed by atoms with van der Waals surface area (Å²) in [5.41, 5.74) is -0.0864. The summed E-state index contributed by atoms with van der Waals surface area (Å²) in [4.78, 5) is 12.1. The third-order valence-electron chi connectivity index (χ3n) is 2.62. The molecule has 2 heterocycles. The Kier molecular flexibility index (Phi) is 2.80. The zero-order valence-corrected chi connectivity index (χ0v) is 10.9. The van der Waals surface area contributed by atoms with Gasteiger partial charge in [-0.15, -0.1) is 5.10 Å². The molecule has 3 rings (SSSR count). The topological polar surface area (TPSA) is 39.3 Å². The van der Waals surface area contributed by atoms with Gasteiger partial charge >= 0.3 is 5.69 Å². The van der Waals surface area contributed by atoms with Crippen molar-refractivity contribution in [2.45, 2.75) is 0 Å². The van der Waals surface area contributed by atoms with Gasteiger partial charge in [-0.2, -0.15) is 4.68 Å². The first kappa shape index (κ1) is 12.2. The highest BCUT2D eigenvalue weighted by molar-refractivity contribution is 6.30. The minimum atomic E-state index is -0.621. The zero-order chi connectivity index (χ0) is 13.6. The van der Waals surface area contributed by atoms with Crippen LogP contribution in [0, 0.1) is 5.82 Å². The smallest absolute Gasteiger partial charge is 0.248 e. The normalized spacial score (nSPS) is 11.1. The van der Waals surface area contributed by atoms with E-state index in [1.165, 1.54) is 22.7 Å². The third-order valence-corrected chi connectivity index (χ3v) is 3.08. The largest absolute Gasteiger partial charge is 0.355 e. The summed E-state index contributed by atoms with van der Waals surface area (Å²) >= 11 is 11.5. The van der Waals surface area contributed by atoms with Gasteiger partial charge < -0.3 is 0 Å². The molecule has 0 saturated heterocycles. The molecule has 2 aromatic heterocycles. The van der Waals surface area contributed by atoms with E-state index in [4.69, 9.17) is 23.2 Å². The molecule has 0 amide bonds. The highest BCUT2D eigenvalue weighted by Gasteiger charge is 2.12. The summed E-state index contributed by atoms with van der Waals surface area (Å²) in [6.45, 7) is 0. The number of pyridine rings is 1. The van der Waals surface area contributed by atoms with Crippen molar-refractivity contribution in [3.05, 3.63) is 62.9 Å². The van der Waals surface area contributed by atoms with Crippen molar-refractivity contribution in [1.82, 2.24) is 14.2 Å². The van der Waals surface area contributed by atoms with Crippen molar-refractivity contribution in [3.8, 4) is 5.69 Å². The molecule has 1 aromatic carbocycles. The molecule has 0 aliphatic carbocycles. The van der Waals surface area contributed by atoms with Crippen LogP contribution in [0.3, 0.4) is 0 Å². The van der Waals surface area contributed by atoms with Gasteiger partial charge in [-0.3, -0.25) is 0 Å². The van der Waals surface area contributed by atoms with Crippen LogP contribution < -0.4 is 5.69 Å². The van der Waals surface area contributed by atoms with Crippen molar-refractivity contribution in [3.63, 3.8) is 0 Å². The van der Waals surface area contributed by atoms with Crippen LogP contribution >= 0.6 is 23.2 Å². The predicted molar refractivity (Wildman–Crippen MR) is 70.8 cm³/mol. The molecule has 0 unspecified atom stereocenters. The highest BCUT2D eigenvalue weighted by atomic mass is 35.5. The van der Waals surface area contributed by atoms with Gasteiger partial charge in [0.2, 0.25) is 0 Å². The van der Waals surface area contributed by atoms with Gasteiger partial charge in [0.05, 0.1) is 5.02 Å². The monoisotopic (exact) mass is 297 g/mol. The molecule has 3 aromatic rings. The SMILES string of the molecule is O=c1n(-c2ccc(Cl)cc2F)nc2ccc(Cl)cn12. The third kappa shape index (κ3) is 2.01. The number of hydrogen-bond donors (Lipinski definition) is 0. The van der Waals surface area contributed by atoms with Gasteiger partial charge in [-0.05, 0) is 30.3 Å². The Morgan fingerprint density at radius 3 is 2.58 bits per heavy atom. The van der Waals surface area contributed by atoms with Crippen LogP contribution in [0.2, 0.25) is 10.0 Å². The van der Waals surface area contributed by atoms with Gasteiger partial charge in [-0.25, -0.2) is 13.6 Å². The van der Waals surface area contributed by atoms with Crippen molar-refractivity contribution in [2.75, 3.05) is 0 Å². The van der Waals surface area contributed by atoms with E-state index in [0.717, 1.165) is 10.7 Å². The van der Waals surface area contributed by atoms with Gasteiger partial charge in [0.1, 0.15) is 5.69 Å². The molecule has 0 N–H and O–H groups in total. The molecule has 0 saturated carbocycles. The summed E-state index contributed by atoms with van der Waals surface area (Å²) in [5.74, 6) is -0.621. The molecule has 0 aliphatic rings. The number of hydrogen-bond acceptors (Lipinski definition) is 2. The maximum absolute atomic E-state index is 13.8. The van der Waals surface area contributed by atoms with E-state index in [9.17, 15) is 9.18 Å². The Balaban J connectivity index is 2.31. The lowest BCUT2D eigenvalue weighted by atomic mass is 10.3. The zero-order valence-electron chi connectivity index (χ0n) is 9.35. The lowest BCUT2D eigenvalue weighted by Crippen LogP contribution is -2.20. The Labute approximate surface area is 116 Å². The van der Waals surface area contributed by atoms with Crippen LogP contribution in [0.25, 0.3) is 11.3 Å². The van der Waals surface area contributed by atoms with Crippen LogP contribution in [-0.2, 0) is 0 Å². The molecule has 0 bridgehead atoms. The molecule has 7 heteroatoms. The van der Waals surface area contributed by atoms with Gasteiger partial charge in [0.25, 0.3) is 0 Å². The lowest BCUT2D eigenvalue weighted by Gasteiger charge is -2.00. The van der Waals surface area contributed by atoms with E-state index >= 15 is 0 Å². The summed E-state index contributed by atoms with van der Waals surface area (Å²) < 4.78 is 16.0. The summed E-state index contributed by atoms with van der Waals surface area (Å²) in [6.07, 6.45) is 1.43. The van der Waals surface area contributed by atoms with Gasteiger partial charge in [0.15, 0.2) is 11.5 Å². The molecule has 96 valence electrons. The van der Waals surface area contributed by atoms with E-state index in [0.29, 0.717) is 10.7 Å². The Hall–Kier alpha value is -1.85. The molecule has 4 nitrogen and oxygen atoms in total. The summed E-state index contributed by atoms with van der Waals surface area (Å²) in [6, 6.07) is 7.19. The molecule has 0 spiro atoms. The minimum absolute atomic E-state index is 0.0363. The average Bonchev–Trinajstić information content (AvgIpc) is 2.67. The molecular weight excluding hydrogens is 292 g/mol. The first-order valence-corrected chi connectivity index (χ1v) is 6.04. The quantitative estimate of drug-likeness (QED) is 0.693. The fraction of sp³-hybridized carbons (Fsp3) is 0. The first-order chi connectivity index (χ1) is 9.06. The van der Waals surface area contributed by atoms with Crippen molar-refractivity contribution in [1.29, 1.82) is 0 Å². The van der Waals surface area contributed by atoms with Crippen LogP contribution in [0.5, 0.6) is 0 Å². The molecule has 0 aliphatic heterocycles. The van der Waals surface area contributed by atoms with Crippen LogP contribution in [0.1, 0.15) is 0 Å². The molecule has 0 atom stereocenters. The number of fused-ring (bicyclic) bond motifs is 1. The van der Waals surface area contributed by atoms with Gasteiger partial charge in [-0.1, -0.05) is 23.2 Å². The molecule has 0 radical (unpaired) electrons. The highest BCUT2D eigenvalue weighted by Crippen LogP contribution is 2.17. The lowest BCUT2D eigenvalue weighted by molar-refractivity contribution is 0.608. The van der Waals surface area contributed by atoms with Crippen molar-refractivity contribution >= 4 is 28.8 Å². The molecule has 0 fully saturated rings. The maximum atomic E-state index is 13.8. The number of benzene rings is 1. The second-order valence-electron chi connectivity index (χ2n) is 3.87. The number of nitrogens with zero attached hydrogens (tertiary/aromatic N) is 3. The minimum Gasteiger partial charge on any atom is -0.248 e. The first-order valence-electron chi connectivity index (χ1n) is 5.28. The summed E-state index contributed by atoms with van der Waals surface area (Å²) in [5, 5.41) is 4.68. The van der Waals surface area contributed by atoms with E-state index in [1.54, 1.807) is 12.1 Å². The molecule has 19 heavy (non-hydrogen) atoms. The summed E-state index contributed by atoms with van der Waals surface area (Å²) in [7, 11) is 0. The molecular formula is C12H6Cl2FN3O. The standard InChI is InChI=1S/C12H6Cl2FN3O/c13-7-1-3-10(9(15)5-7)18-12(19)17-6-8(14)2-4-11(17)16-18/h1-6H. The second-order valence-corrected chi connectivity index (χ2v) is 4.74. The number of halogens is 3. The van der Waals surface area contributed by atoms with E-state index in [1.807, 2.05) is 0 Å². The predicted octanol–water partition coefficient (Wildman–Crippen LogP) is 2.93. The van der Waals surface area contributed by atoms with Crippen LogP contribution in [0.15, 0.2) is 41.3 Å².